The van der Waals surface area contributed by atoms with Crippen LogP contribution in [0.15, 0.2) is 53.3 Å². The van der Waals surface area contributed by atoms with Crippen molar-refractivity contribution in [3.8, 4) is 0 Å². The van der Waals surface area contributed by atoms with Gasteiger partial charge in [0, 0.05) is 5.56 Å². The van der Waals surface area contributed by atoms with Crippen LogP contribution in [-0.2, 0) is 4.74 Å². The first-order chi connectivity index (χ1) is 12.1. The molecule has 1 aromatic heterocycles. The Morgan fingerprint density at radius 2 is 1.88 bits per heavy atom. The van der Waals surface area contributed by atoms with E-state index in [0.29, 0.717) is 29.7 Å². The lowest BCUT2D eigenvalue weighted by atomic mass is 10.0. The van der Waals surface area contributed by atoms with Gasteiger partial charge in [-0.15, -0.1) is 0 Å². The lowest BCUT2D eigenvalue weighted by Crippen LogP contribution is -2.48. The zero-order valence-corrected chi connectivity index (χ0v) is 13.9. The number of amides is 1. The molecule has 1 aliphatic heterocycles. The number of fused-ring (bicyclic) bond motifs is 1. The summed E-state index contributed by atoms with van der Waals surface area (Å²) in [5.74, 6) is -0.0549. The number of rotatable bonds is 2. The molecule has 3 aromatic rings. The van der Waals surface area contributed by atoms with Gasteiger partial charge in [-0.25, -0.2) is 4.79 Å². The van der Waals surface area contributed by atoms with Crippen molar-refractivity contribution in [2.75, 3.05) is 13.2 Å². The van der Waals surface area contributed by atoms with E-state index in [4.69, 9.17) is 4.74 Å². The normalized spacial score (nSPS) is 20.8. The first-order valence-electron chi connectivity index (χ1n) is 8.31. The van der Waals surface area contributed by atoms with Gasteiger partial charge in [0.15, 0.2) is 0 Å². The average molecular weight is 337 g/mol. The van der Waals surface area contributed by atoms with Crippen LogP contribution >= 0.6 is 0 Å². The average Bonchev–Trinajstić information content (AvgIpc) is 3.01. The van der Waals surface area contributed by atoms with Crippen LogP contribution in [0.4, 0.5) is 0 Å². The fourth-order valence-electron chi connectivity index (χ4n) is 3.24. The molecule has 2 aromatic carbocycles. The summed E-state index contributed by atoms with van der Waals surface area (Å²) in [6.07, 6.45) is -0.128. The van der Waals surface area contributed by atoms with Gasteiger partial charge in [0.1, 0.15) is 6.10 Å². The van der Waals surface area contributed by atoms with Gasteiger partial charge in [0.05, 0.1) is 30.2 Å². The van der Waals surface area contributed by atoms with E-state index < -0.39 is 0 Å². The number of ether oxygens (including phenoxy) is 1. The predicted molar refractivity (Wildman–Crippen MR) is 94.6 cm³/mol. The Bertz CT molecular complexity index is 961. The summed E-state index contributed by atoms with van der Waals surface area (Å²) in [6.45, 7) is 2.98. The molecule has 4 rings (SSSR count). The Balaban J connectivity index is 1.61. The number of aromatic amines is 2. The van der Waals surface area contributed by atoms with E-state index in [2.05, 4.69) is 9.97 Å². The first-order valence-corrected chi connectivity index (χ1v) is 8.31. The van der Waals surface area contributed by atoms with E-state index in [1.807, 2.05) is 42.2 Å². The Hall–Kier alpha value is -2.86. The summed E-state index contributed by atoms with van der Waals surface area (Å²) < 4.78 is 5.92. The van der Waals surface area contributed by atoms with Gasteiger partial charge in [0.25, 0.3) is 5.91 Å². The van der Waals surface area contributed by atoms with Crippen molar-refractivity contribution in [2.45, 2.75) is 19.1 Å². The third-order valence-corrected chi connectivity index (χ3v) is 4.63. The summed E-state index contributed by atoms with van der Waals surface area (Å²) >= 11 is 0. The number of hydrogen-bond acceptors (Lipinski definition) is 3. The van der Waals surface area contributed by atoms with E-state index in [1.54, 1.807) is 18.2 Å². The van der Waals surface area contributed by atoms with E-state index >= 15 is 0 Å². The highest BCUT2D eigenvalue weighted by molar-refractivity contribution is 5.97. The molecule has 1 fully saturated rings. The number of carbonyl (C=O) groups is 1. The smallest absolute Gasteiger partial charge is 0.323 e. The van der Waals surface area contributed by atoms with Gasteiger partial charge in [0.2, 0.25) is 0 Å². The molecular weight excluding hydrogens is 318 g/mol. The van der Waals surface area contributed by atoms with E-state index in [9.17, 15) is 9.59 Å². The molecule has 6 nitrogen and oxygen atoms in total. The van der Waals surface area contributed by atoms with Crippen LogP contribution in [0.3, 0.4) is 0 Å². The molecule has 0 aliphatic carbocycles. The Morgan fingerprint density at radius 3 is 2.68 bits per heavy atom. The number of benzene rings is 2. The number of H-pyrrole nitrogens is 2. The topological polar surface area (TPSA) is 78.2 Å². The van der Waals surface area contributed by atoms with E-state index in [1.165, 1.54) is 0 Å². The molecular formula is C19H19N3O3. The fourth-order valence-corrected chi connectivity index (χ4v) is 3.24. The molecule has 2 atom stereocenters. The third kappa shape index (κ3) is 2.96. The Kier molecular flexibility index (Phi) is 3.89. The molecule has 0 radical (unpaired) electrons. The number of carbonyl (C=O) groups excluding carboxylic acids is 1. The van der Waals surface area contributed by atoms with Gasteiger partial charge < -0.3 is 19.6 Å². The highest BCUT2D eigenvalue weighted by Crippen LogP contribution is 2.26. The van der Waals surface area contributed by atoms with Crippen molar-refractivity contribution in [3.63, 3.8) is 0 Å². The second kappa shape index (κ2) is 6.22. The van der Waals surface area contributed by atoms with Crippen molar-refractivity contribution in [1.29, 1.82) is 0 Å². The summed E-state index contributed by atoms with van der Waals surface area (Å²) in [4.78, 5) is 31.6. The monoisotopic (exact) mass is 337 g/mol. The minimum atomic E-state index is -0.275. The van der Waals surface area contributed by atoms with Gasteiger partial charge >= 0.3 is 5.69 Å². The van der Waals surface area contributed by atoms with Crippen molar-refractivity contribution in [3.05, 3.63) is 70.1 Å². The predicted octanol–water partition coefficient (Wildman–Crippen LogP) is 2.46. The van der Waals surface area contributed by atoms with Crippen LogP contribution in [0.25, 0.3) is 11.0 Å². The number of aromatic nitrogens is 2. The summed E-state index contributed by atoms with van der Waals surface area (Å²) in [5, 5.41) is 0. The molecule has 0 bridgehead atoms. The molecule has 25 heavy (non-hydrogen) atoms. The fraction of sp³-hybridized carbons (Fsp3) is 0.263. The standard InChI is InChI=1S/C19H19N3O3/c1-12-11-25-17(13-5-3-2-4-6-13)10-22(12)18(23)14-7-8-15-16(9-14)21-19(24)20-15/h2-9,12,17H,10-11H2,1H3,(H2,20,21,24)/t12-,17+/m0/s1. The maximum atomic E-state index is 13.0. The molecule has 128 valence electrons. The Labute approximate surface area is 144 Å². The van der Waals surface area contributed by atoms with Crippen molar-refractivity contribution >= 4 is 16.9 Å². The largest absolute Gasteiger partial charge is 0.370 e. The molecule has 1 aliphatic rings. The van der Waals surface area contributed by atoms with Crippen LogP contribution in [0.2, 0.25) is 0 Å². The highest BCUT2D eigenvalue weighted by atomic mass is 16.5. The second-order valence-corrected chi connectivity index (χ2v) is 6.38. The zero-order valence-electron chi connectivity index (χ0n) is 13.9. The van der Waals surface area contributed by atoms with Crippen LogP contribution < -0.4 is 5.69 Å². The van der Waals surface area contributed by atoms with E-state index in [0.717, 1.165) is 5.56 Å². The molecule has 2 N–H and O–H groups in total. The maximum absolute atomic E-state index is 13.0. The first kappa shape index (κ1) is 15.7. The zero-order chi connectivity index (χ0) is 17.4. The summed E-state index contributed by atoms with van der Waals surface area (Å²) in [7, 11) is 0. The van der Waals surface area contributed by atoms with Crippen LogP contribution in [0.5, 0.6) is 0 Å². The quantitative estimate of drug-likeness (QED) is 0.754. The van der Waals surface area contributed by atoms with Crippen LogP contribution in [0, 0.1) is 0 Å². The number of nitrogens with one attached hydrogen (secondary N) is 2. The molecule has 0 spiro atoms. The number of morpholine rings is 1. The third-order valence-electron chi connectivity index (χ3n) is 4.63. The summed E-state index contributed by atoms with van der Waals surface area (Å²) in [5.41, 5.74) is 2.68. The van der Waals surface area contributed by atoms with Crippen LogP contribution in [-0.4, -0.2) is 40.0 Å². The van der Waals surface area contributed by atoms with Gasteiger partial charge in [-0.05, 0) is 30.7 Å². The molecule has 1 saturated heterocycles. The number of imidazole rings is 1. The second-order valence-electron chi connectivity index (χ2n) is 6.38. The number of hydrogen-bond donors (Lipinski definition) is 2. The SMILES string of the molecule is C[C@H]1CO[C@@H](c2ccccc2)CN1C(=O)c1ccc2[nH]c(=O)[nH]c2c1. The minimum absolute atomic E-state index is 0.00608. The van der Waals surface area contributed by atoms with Crippen molar-refractivity contribution in [2.24, 2.45) is 0 Å². The van der Waals surface area contributed by atoms with Crippen LogP contribution in [0.1, 0.15) is 28.9 Å². The molecule has 1 amide bonds. The number of nitrogens with zero attached hydrogens (tertiary/aromatic N) is 1. The minimum Gasteiger partial charge on any atom is -0.370 e. The van der Waals surface area contributed by atoms with Gasteiger partial charge in [-0.1, -0.05) is 30.3 Å². The molecule has 0 saturated carbocycles. The maximum Gasteiger partial charge on any atom is 0.323 e. The van der Waals surface area contributed by atoms with E-state index in [-0.39, 0.29) is 23.7 Å². The molecule has 6 heteroatoms. The molecule has 2 heterocycles. The van der Waals surface area contributed by atoms with Gasteiger partial charge in [-0.2, -0.15) is 0 Å². The van der Waals surface area contributed by atoms with Crippen molar-refractivity contribution in [1.82, 2.24) is 14.9 Å². The Morgan fingerprint density at radius 1 is 1.12 bits per heavy atom. The van der Waals surface area contributed by atoms with Crippen molar-refractivity contribution < 1.29 is 9.53 Å². The highest BCUT2D eigenvalue weighted by Gasteiger charge is 2.31. The molecule has 0 unspecified atom stereocenters. The lowest BCUT2D eigenvalue weighted by molar-refractivity contribution is -0.0486. The van der Waals surface area contributed by atoms with Gasteiger partial charge in [-0.3, -0.25) is 4.79 Å². The summed E-state index contributed by atoms with van der Waals surface area (Å²) in [6, 6.07) is 15.1. The lowest BCUT2D eigenvalue weighted by Gasteiger charge is -2.38.